The molecule has 1 amide bonds. The molecule has 17 heavy (non-hydrogen) atoms. The van der Waals surface area contributed by atoms with Crippen molar-refractivity contribution in [2.75, 3.05) is 7.11 Å². The van der Waals surface area contributed by atoms with Crippen molar-refractivity contribution in [2.45, 2.75) is 26.3 Å². The minimum absolute atomic E-state index is 0.160. The number of hydrogen-bond donors (Lipinski definition) is 1. The Balaban J connectivity index is 1.82. The number of hydrogen-bond acceptors (Lipinski definition) is 2. The van der Waals surface area contributed by atoms with Crippen LogP contribution in [0.1, 0.15) is 25.3 Å². The van der Waals surface area contributed by atoms with Gasteiger partial charge in [-0.2, -0.15) is 0 Å². The summed E-state index contributed by atoms with van der Waals surface area (Å²) in [5.74, 6) is 1.79. The Morgan fingerprint density at radius 2 is 2.06 bits per heavy atom. The summed E-state index contributed by atoms with van der Waals surface area (Å²) in [6.45, 7) is 2.61. The van der Waals surface area contributed by atoms with Gasteiger partial charge in [0.15, 0.2) is 0 Å². The van der Waals surface area contributed by atoms with Gasteiger partial charge in [-0.15, -0.1) is 0 Å². The number of benzene rings is 1. The molecule has 1 aromatic rings. The van der Waals surface area contributed by atoms with Gasteiger partial charge in [0, 0.05) is 12.5 Å². The minimum Gasteiger partial charge on any atom is -0.497 e. The van der Waals surface area contributed by atoms with Crippen molar-refractivity contribution in [3.8, 4) is 5.75 Å². The van der Waals surface area contributed by atoms with E-state index in [1.807, 2.05) is 31.2 Å². The number of rotatable bonds is 5. The Morgan fingerprint density at radius 1 is 1.41 bits per heavy atom. The molecular weight excluding hydrogens is 214 g/mol. The summed E-state index contributed by atoms with van der Waals surface area (Å²) in [4.78, 5) is 11.8. The number of methoxy groups -OCH3 is 1. The van der Waals surface area contributed by atoms with Crippen molar-refractivity contribution < 1.29 is 9.53 Å². The van der Waals surface area contributed by atoms with Crippen molar-refractivity contribution in [1.82, 2.24) is 5.32 Å². The maximum atomic E-state index is 11.8. The number of carbonyl (C=O) groups excluding carboxylic acids is 1. The van der Waals surface area contributed by atoms with Gasteiger partial charge in [0.25, 0.3) is 0 Å². The molecule has 92 valence electrons. The standard InChI is InChI=1S/C14H19NO2/c1-10(12-5-6-12)14(16)15-9-11-3-7-13(17-2)8-4-11/h3-4,7-8,10,12H,5-6,9H2,1-2H3,(H,15,16). The molecule has 0 heterocycles. The third kappa shape index (κ3) is 3.22. The predicted molar refractivity (Wildman–Crippen MR) is 66.7 cm³/mol. The average molecular weight is 233 g/mol. The minimum atomic E-state index is 0.160. The molecule has 0 spiro atoms. The third-order valence-electron chi connectivity index (χ3n) is 3.37. The molecule has 3 heteroatoms. The third-order valence-corrected chi connectivity index (χ3v) is 3.37. The van der Waals surface area contributed by atoms with E-state index >= 15 is 0 Å². The van der Waals surface area contributed by atoms with Crippen molar-refractivity contribution in [3.63, 3.8) is 0 Å². The van der Waals surface area contributed by atoms with E-state index in [1.165, 1.54) is 12.8 Å². The van der Waals surface area contributed by atoms with E-state index in [1.54, 1.807) is 7.11 Å². The van der Waals surface area contributed by atoms with Crippen LogP contribution in [-0.4, -0.2) is 13.0 Å². The SMILES string of the molecule is COc1ccc(CNC(=O)C(C)C2CC2)cc1. The van der Waals surface area contributed by atoms with Gasteiger partial charge in [0.05, 0.1) is 7.11 Å². The Morgan fingerprint density at radius 3 is 2.59 bits per heavy atom. The topological polar surface area (TPSA) is 38.3 Å². The van der Waals surface area contributed by atoms with Crippen molar-refractivity contribution in [2.24, 2.45) is 11.8 Å². The van der Waals surface area contributed by atoms with Crippen LogP contribution >= 0.6 is 0 Å². The predicted octanol–water partition coefficient (Wildman–Crippen LogP) is 2.36. The summed E-state index contributed by atoms with van der Waals surface area (Å²) in [7, 11) is 1.65. The summed E-state index contributed by atoms with van der Waals surface area (Å²) in [5.41, 5.74) is 1.10. The highest BCUT2D eigenvalue weighted by molar-refractivity contribution is 5.78. The molecule has 1 fully saturated rings. The molecule has 1 saturated carbocycles. The highest BCUT2D eigenvalue weighted by atomic mass is 16.5. The number of nitrogens with one attached hydrogen (secondary N) is 1. The van der Waals surface area contributed by atoms with Gasteiger partial charge < -0.3 is 10.1 Å². The average Bonchev–Trinajstić information content (AvgIpc) is 3.20. The van der Waals surface area contributed by atoms with E-state index in [2.05, 4.69) is 5.32 Å². The highest BCUT2D eigenvalue weighted by Crippen LogP contribution is 2.36. The molecule has 1 aliphatic carbocycles. The highest BCUT2D eigenvalue weighted by Gasteiger charge is 2.32. The summed E-state index contributed by atoms with van der Waals surface area (Å²) in [6, 6.07) is 7.76. The van der Waals surface area contributed by atoms with Gasteiger partial charge >= 0.3 is 0 Å². The first-order chi connectivity index (χ1) is 8.20. The van der Waals surface area contributed by atoms with E-state index in [9.17, 15) is 4.79 Å². The lowest BCUT2D eigenvalue weighted by atomic mass is 10.1. The van der Waals surface area contributed by atoms with Gasteiger partial charge in [0.1, 0.15) is 5.75 Å². The number of amides is 1. The molecule has 2 rings (SSSR count). The molecule has 0 bridgehead atoms. The van der Waals surface area contributed by atoms with Crippen LogP contribution in [0.25, 0.3) is 0 Å². The summed E-state index contributed by atoms with van der Waals surface area (Å²) >= 11 is 0. The Hall–Kier alpha value is -1.51. The molecule has 1 unspecified atom stereocenters. The molecule has 1 aliphatic rings. The Labute approximate surface area is 102 Å². The Bertz CT molecular complexity index is 382. The van der Waals surface area contributed by atoms with Gasteiger partial charge in [-0.05, 0) is 36.5 Å². The fourth-order valence-corrected chi connectivity index (χ4v) is 1.90. The first-order valence-electron chi connectivity index (χ1n) is 6.11. The second-order valence-electron chi connectivity index (χ2n) is 4.69. The molecule has 0 saturated heterocycles. The van der Waals surface area contributed by atoms with Crippen molar-refractivity contribution >= 4 is 5.91 Å². The fourth-order valence-electron chi connectivity index (χ4n) is 1.90. The fraction of sp³-hybridized carbons (Fsp3) is 0.500. The van der Waals surface area contributed by atoms with Crippen LogP contribution in [0, 0.1) is 11.8 Å². The molecule has 3 nitrogen and oxygen atoms in total. The quantitative estimate of drug-likeness (QED) is 0.847. The van der Waals surface area contributed by atoms with Gasteiger partial charge in [-0.3, -0.25) is 4.79 Å². The van der Waals surface area contributed by atoms with Crippen LogP contribution in [0.4, 0.5) is 0 Å². The molecular formula is C14H19NO2. The summed E-state index contributed by atoms with van der Waals surface area (Å²) < 4.78 is 5.09. The maximum absolute atomic E-state index is 11.8. The second-order valence-corrected chi connectivity index (χ2v) is 4.69. The van der Waals surface area contributed by atoms with E-state index < -0.39 is 0 Å². The van der Waals surface area contributed by atoms with E-state index in [0.29, 0.717) is 12.5 Å². The van der Waals surface area contributed by atoms with Crippen LogP contribution in [0.3, 0.4) is 0 Å². The largest absolute Gasteiger partial charge is 0.497 e. The molecule has 0 radical (unpaired) electrons. The zero-order valence-corrected chi connectivity index (χ0v) is 10.4. The second kappa shape index (κ2) is 5.21. The Kier molecular flexibility index (Phi) is 3.67. The maximum Gasteiger partial charge on any atom is 0.223 e. The smallest absolute Gasteiger partial charge is 0.223 e. The lowest BCUT2D eigenvalue weighted by Crippen LogP contribution is -2.29. The van der Waals surface area contributed by atoms with E-state index in [4.69, 9.17) is 4.74 Å². The van der Waals surface area contributed by atoms with Crippen molar-refractivity contribution in [1.29, 1.82) is 0 Å². The number of carbonyl (C=O) groups is 1. The first-order valence-corrected chi connectivity index (χ1v) is 6.11. The van der Waals surface area contributed by atoms with Gasteiger partial charge in [-0.1, -0.05) is 19.1 Å². The van der Waals surface area contributed by atoms with Crippen LogP contribution in [-0.2, 0) is 11.3 Å². The van der Waals surface area contributed by atoms with Crippen LogP contribution < -0.4 is 10.1 Å². The molecule has 1 atom stereocenters. The molecule has 1 N–H and O–H groups in total. The monoisotopic (exact) mass is 233 g/mol. The van der Waals surface area contributed by atoms with Gasteiger partial charge in [-0.25, -0.2) is 0 Å². The zero-order chi connectivity index (χ0) is 12.3. The lowest BCUT2D eigenvalue weighted by Gasteiger charge is -2.11. The van der Waals surface area contributed by atoms with Crippen molar-refractivity contribution in [3.05, 3.63) is 29.8 Å². The summed E-state index contributed by atoms with van der Waals surface area (Å²) in [6.07, 6.45) is 2.41. The van der Waals surface area contributed by atoms with Crippen LogP contribution in [0.15, 0.2) is 24.3 Å². The zero-order valence-electron chi connectivity index (χ0n) is 10.4. The van der Waals surface area contributed by atoms with Crippen LogP contribution in [0.5, 0.6) is 5.75 Å². The van der Waals surface area contributed by atoms with Gasteiger partial charge in [0.2, 0.25) is 5.91 Å². The van der Waals surface area contributed by atoms with E-state index in [-0.39, 0.29) is 11.8 Å². The number of ether oxygens (including phenoxy) is 1. The molecule has 1 aromatic carbocycles. The van der Waals surface area contributed by atoms with Crippen LogP contribution in [0.2, 0.25) is 0 Å². The molecule has 0 aliphatic heterocycles. The lowest BCUT2D eigenvalue weighted by molar-refractivity contribution is -0.125. The van der Waals surface area contributed by atoms with E-state index in [0.717, 1.165) is 11.3 Å². The summed E-state index contributed by atoms with van der Waals surface area (Å²) in [5, 5.41) is 2.98. The normalized spacial score (nSPS) is 16.4. The molecule has 0 aromatic heterocycles. The first kappa shape index (κ1) is 12.0.